The predicted molar refractivity (Wildman–Crippen MR) is 50.6 cm³/mol. The van der Waals surface area contributed by atoms with Crippen LogP contribution < -0.4 is 0 Å². The Morgan fingerprint density at radius 3 is 2.50 bits per heavy atom. The maximum Gasteiger partial charge on any atom is 0.305 e. The molecule has 0 bridgehead atoms. The second-order valence-electron chi connectivity index (χ2n) is 3.57. The van der Waals surface area contributed by atoms with E-state index in [9.17, 15) is 9.90 Å². The zero-order chi connectivity index (χ0) is 11.1. The Balaban J connectivity index is 4.31. The average Bonchev–Trinajstić information content (AvgIpc) is 2.01. The topological polar surface area (TPSA) is 106 Å². The molecule has 0 aliphatic rings. The molecule has 0 heterocycles. The molecule has 0 aliphatic heterocycles. The first-order valence-electron chi connectivity index (χ1n) is 4.41. The van der Waals surface area contributed by atoms with E-state index in [0.29, 0.717) is 6.42 Å². The number of carboxylic acids is 1. The van der Waals surface area contributed by atoms with E-state index in [4.69, 9.17) is 10.6 Å². The summed E-state index contributed by atoms with van der Waals surface area (Å²) in [5, 5.41) is 21.2. The Bertz CT molecular complexity index is 236. The lowest BCUT2D eigenvalue weighted by molar-refractivity contribution is -0.139. The predicted octanol–water partition coefficient (Wildman–Crippen LogP) is 1.55. The number of hydrogen-bond acceptors (Lipinski definition) is 3. The van der Waals surface area contributed by atoms with E-state index in [1.165, 1.54) is 0 Å². The fourth-order valence-corrected chi connectivity index (χ4v) is 1.15. The van der Waals surface area contributed by atoms with Gasteiger partial charge < -0.3 is 10.2 Å². The zero-order valence-electron chi connectivity index (χ0n) is 8.29. The Labute approximate surface area is 82.2 Å². The van der Waals surface area contributed by atoms with Crippen molar-refractivity contribution < 1.29 is 15.0 Å². The number of carbonyl (C=O) groups is 1. The van der Waals surface area contributed by atoms with Gasteiger partial charge in [0, 0.05) is 4.91 Å². The number of carboxylic acid groups (broad SMARTS) is 1. The summed E-state index contributed by atoms with van der Waals surface area (Å²) in [6, 6.07) is -0.656. The highest BCUT2D eigenvalue weighted by Gasteiger charge is 2.21. The van der Waals surface area contributed by atoms with Crippen LogP contribution in [0.5, 0.6) is 0 Å². The van der Waals surface area contributed by atoms with Crippen molar-refractivity contribution in [2.45, 2.75) is 38.8 Å². The quantitative estimate of drug-likeness (QED) is 0.386. The van der Waals surface area contributed by atoms with Gasteiger partial charge in [0.05, 0.1) is 18.6 Å². The van der Waals surface area contributed by atoms with Crippen LogP contribution in [0.1, 0.15) is 26.7 Å². The summed E-state index contributed by atoms with van der Waals surface area (Å²) in [5.41, 5.74) is 8.23. The summed E-state index contributed by atoms with van der Waals surface area (Å²) in [4.78, 5) is 12.9. The first-order valence-corrected chi connectivity index (χ1v) is 4.41. The molecule has 0 aromatic heterocycles. The van der Waals surface area contributed by atoms with Crippen molar-refractivity contribution >= 4 is 5.97 Å². The number of aliphatic carboxylic acids is 1. The first kappa shape index (κ1) is 12.7. The van der Waals surface area contributed by atoms with E-state index in [0.717, 1.165) is 0 Å². The van der Waals surface area contributed by atoms with Gasteiger partial charge >= 0.3 is 5.97 Å². The van der Waals surface area contributed by atoms with Gasteiger partial charge in [0.15, 0.2) is 0 Å². The normalized spacial score (nSPS) is 14.6. The molecule has 0 amide bonds. The molecule has 0 rings (SSSR count). The van der Waals surface area contributed by atoms with Crippen molar-refractivity contribution in [3.05, 3.63) is 10.4 Å². The Morgan fingerprint density at radius 2 is 2.14 bits per heavy atom. The van der Waals surface area contributed by atoms with Gasteiger partial charge in [0.2, 0.25) is 0 Å². The molecule has 0 aromatic carbocycles. The second kappa shape index (κ2) is 6.23. The molecule has 6 heteroatoms. The lowest BCUT2D eigenvalue weighted by atomic mass is 9.98. The molecular weight excluding hydrogens is 186 g/mol. The van der Waals surface area contributed by atoms with Crippen LogP contribution in [0.3, 0.4) is 0 Å². The molecule has 80 valence electrons. The molecular formula is C8H15N3O3. The molecule has 6 nitrogen and oxygen atoms in total. The number of azide groups is 1. The second-order valence-corrected chi connectivity index (χ2v) is 3.57. The molecule has 2 N–H and O–H groups in total. The van der Waals surface area contributed by atoms with Crippen molar-refractivity contribution in [3.63, 3.8) is 0 Å². The third-order valence-corrected chi connectivity index (χ3v) is 1.74. The molecule has 14 heavy (non-hydrogen) atoms. The number of hydrogen-bond donors (Lipinski definition) is 2. The van der Waals surface area contributed by atoms with Crippen LogP contribution in [0.4, 0.5) is 0 Å². The van der Waals surface area contributed by atoms with Gasteiger partial charge in [-0.3, -0.25) is 4.79 Å². The van der Waals surface area contributed by atoms with Gasteiger partial charge in [0.25, 0.3) is 0 Å². The van der Waals surface area contributed by atoms with E-state index >= 15 is 0 Å². The zero-order valence-corrected chi connectivity index (χ0v) is 8.29. The van der Waals surface area contributed by atoms with Crippen LogP contribution in [-0.2, 0) is 4.79 Å². The van der Waals surface area contributed by atoms with Crippen molar-refractivity contribution in [1.29, 1.82) is 0 Å². The third-order valence-electron chi connectivity index (χ3n) is 1.74. The Kier molecular flexibility index (Phi) is 5.67. The molecule has 0 spiro atoms. The van der Waals surface area contributed by atoms with Gasteiger partial charge in [0.1, 0.15) is 0 Å². The highest BCUT2D eigenvalue weighted by Crippen LogP contribution is 2.14. The largest absolute Gasteiger partial charge is 0.481 e. The summed E-state index contributed by atoms with van der Waals surface area (Å²) < 4.78 is 0. The summed E-state index contributed by atoms with van der Waals surface area (Å²) in [5.74, 6) is -0.853. The molecule has 2 atom stereocenters. The minimum Gasteiger partial charge on any atom is -0.481 e. The maximum absolute atomic E-state index is 10.3. The van der Waals surface area contributed by atoms with E-state index in [1.807, 2.05) is 13.8 Å². The van der Waals surface area contributed by atoms with E-state index < -0.39 is 24.5 Å². The lowest BCUT2D eigenvalue weighted by Crippen LogP contribution is -2.28. The first-order chi connectivity index (χ1) is 6.47. The molecule has 0 fully saturated rings. The van der Waals surface area contributed by atoms with Crippen LogP contribution in [0, 0.1) is 5.92 Å². The summed E-state index contributed by atoms with van der Waals surface area (Å²) in [7, 11) is 0. The minimum absolute atomic E-state index is 0.244. The molecule has 0 unspecified atom stereocenters. The van der Waals surface area contributed by atoms with Crippen LogP contribution in [-0.4, -0.2) is 28.3 Å². The maximum atomic E-state index is 10.3. The number of aliphatic hydroxyl groups is 1. The van der Waals surface area contributed by atoms with Gasteiger partial charge in [-0.25, -0.2) is 0 Å². The van der Waals surface area contributed by atoms with Crippen molar-refractivity contribution in [2.24, 2.45) is 11.0 Å². The highest BCUT2D eigenvalue weighted by molar-refractivity contribution is 5.67. The van der Waals surface area contributed by atoms with Crippen LogP contribution >= 0.6 is 0 Å². The van der Waals surface area contributed by atoms with Gasteiger partial charge in [-0.15, -0.1) is 0 Å². The number of nitrogens with zero attached hydrogens (tertiary/aromatic N) is 3. The lowest BCUT2D eigenvalue weighted by Gasteiger charge is -2.18. The molecule has 0 saturated carbocycles. The summed E-state index contributed by atoms with van der Waals surface area (Å²) in [6.07, 6.45) is -1.01. The Morgan fingerprint density at radius 1 is 1.57 bits per heavy atom. The van der Waals surface area contributed by atoms with Crippen molar-refractivity contribution in [2.75, 3.05) is 0 Å². The van der Waals surface area contributed by atoms with Crippen molar-refractivity contribution in [1.82, 2.24) is 0 Å². The van der Waals surface area contributed by atoms with E-state index in [2.05, 4.69) is 10.0 Å². The third kappa shape index (κ3) is 5.40. The van der Waals surface area contributed by atoms with Gasteiger partial charge in [-0.05, 0) is 17.9 Å². The van der Waals surface area contributed by atoms with Crippen LogP contribution in [0.15, 0.2) is 5.11 Å². The number of aliphatic hydroxyl groups excluding tert-OH is 1. The monoisotopic (exact) mass is 201 g/mol. The molecule has 0 aliphatic carbocycles. The summed E-state index contributed by atoms with van der Waals surface area (Å²) in [6.45, 7) is 3.82. The fourth-order valence-electron chi connectivity index (χ4n) is 1.15. The molecule has 0 radical (unpaired) electrons. The molecule has 0 aromatic rings. The smallest absolute Gasteiger partial charge is 0.305 e. The molecule has 0 saturated heterocycles. The van der Waals surface area contributed by atoms with Crippen LogP contribution in [0.2, 0.25) is 0 Å². The standard InChI is InChI=1S/C8H15N3O3/c1-5(2)3-6(10-11-9)7(12)4-8(13)14/h5-7,12H,3-4H2,1-2H3,(H,13,14)/t6-,7+/m1/s1. The average molecular weight is 201 g/mol. The highest BCUT2D eigenvalue weighted by atomic mass is 16.4. The van der Waals surface area contributed by atoms with Gasteiger partial charge in [-0.1, -0.05) is 19.0 Å². The fraction of sp³-hybridized carbons (Fsp3) is 0.875. The van der Waals surface area contributed by atoms with Crippen molar-refractivity contribution in [3.8, 4) is 0 Å². The minimum atomic E-state index is -1.11. The van der Waals surface area contributed by atoms with Gasteiger partial charge in [-0.2, -0.15) is 0 Å². The van der Waals surface area contributed by atoms with E-state index in [1.54, 1.807) is 0 Å². The van der Waals surface area contributed by atoms with E-state index in [-0.39, 0.29) is 5.92 Å². The van der Waals surface area contributed by atoms with Crippen LogP contribution in [0.25, 0.3) is 10.4 Å². The Hall–Kier alpha value is -1.26. The SMILES string of the molecule is CC(C)C[C@@H](N=[N+]=[N-])[C@@H](O)CC(=O)O. The summed E-state index contributed by atoms with van der Waals surface area (Å²) >= 11 is 0. The number of rotatable bonds is 6.